The molecular weight excluding hydrogens is 607 g/mol. The normalized spacial score (nSPS) is 19.3. The predicted molar refractivity (Wildman–Crippen MR) is 170 cm³/mol. The van der Waals surface area contributed by atoms with Gasteiger partial charge in [0.2, 0.25) is 0 Å². The zero-order valence-corrected chi connectivity index (χ0v) is 26.3. The molecule has 0 spiro atoms. The van der Waals surface area contributed by atoms with Crippen molar-refractivity contribution in [3.05, 3.63) is 53.7 Å². The number of rotatable bonds is 9. The smallest absolute Gasteiger partial charge is 0.406 e. The van der Waals surface area contributed by atoms with Crippen LogP contribution >= 0.6 is 0 Å². The second-order valence-corrected chi connectivity index (χ2v) is 14.0. The van der Waals surface area contributed by atoms with Crippen molar-refractivity contribution in [1.29, 1.82) is 0 Å². The van der Waals surface area contributed by atoms with Crippen molar-refractivity contribution in [1.82, 2.24) is 14.8 Å². The highest BCUT2D eigenvalue weighted by molar-refractivity contribution is 7.91. The van der Waals surface area contributed by atoms with E-state index in [1.807, 2.05) is 6.07 Å². The van der Waals surface area contributed by atoms with Crippen molar-refractivity contribution in [2.75, 3.05) is 50.7 Å². The number of fused-ring (bicyclic) bond motifs is 1. The minimum Gasteiger partial charge on any atom is -0.495 e. The molecule has 2 aliphatic rings. The number of anilines is 2. The van der Waals surface area contributed by atoms with Crippen LogP contribution in [0, 0.1) is 11.8 Å². The molecule has 0 radical (unpaired) electrons. The van der Waals surface area contributed by atoms with Gasteiger partial charge in [0, 0.05) is 55.1 Å². The molecule has 9 nitrogen and oxygen atoms in total. The number of aromatic nitrogens is 1. The average Bonchev–Trinajstić information content (AvgIpc) is 3.30. The number of methoxy groups -OCH3 is 1. The Morgan fingerprint density at radius 2 is 1.80 bits per heavy atom. The molecule has 0 unspecified atom stereocenters. The molecule has 3 N–H and O–H groups in total. The monoisotopic (exact) mass is 645 g/mol. The second-order valence-electron chi connectivity index (χ2n) is 11.7. The molecule has 1 aromatic heterocycles. The van der Waals surface area contributed by atoms with E-state index >= 15 is 0 Å². The molecule has 45 heavy (non-hydrogen) atoms. The summed E-state index contributed by atoms with van der Waals surface area (Å²) in [5.74, 6) is 6.03. The molecule has 13 heteroatoms. The number of carbonyl (C=O) groups excluding carboxylic acids is 1. The van der Waals surface area contributed by atoms with Crippen LogP contribution < -0.4 is 20.7 Å². The fraction of sp³-hybridized carbons (Fsp3) is 0.469. The molecule has 3 aromatic rings. The van der Waals surface area contributed by atoms with E-state index < -0.39 is 22.6 Å². The number of halogens is 3. The molecule has 0 bridgehead atoms. The predicted octanol–water partition coefficient (Wildman–Crippen LogP) is 4.49. The molecule has 2 aromatic carbocycles. The SMILES string of the molecule is CNC(=O)c1ccc(NCC#Cc2cc3c(NC4CCC(N5CC(S(C)(=O)=O)C5)CC4)cccc3n2CC(F)(F)F)c(OC)c1. The first-order valence-electron chi connectivity index (χ1n) is 14.9. The maximum atomic E-state index is 13.7. The summed E-state index contributed by atoms with van der Waals surface area (Å²) in [5.41, 5.74) is 2.49. The quantitative estimate of drug-likeness (QED) is 0.295. The van der Waals surface area contributed by atoms with E-state index in [9.17, 15) is 26.4 Å². The molecule has 5 rings (SSSR count). The number of hydrogen-bond donors (Lipinski definition) is 3. The Kier molecular flexibility index (Phi) is 9.55. The highest BCUT2D eigenvalue weighted by Crippen LogP contribution is 2.34. The van der Waals surface area contributed by atoms with Crippen LogP contribution in [-0.4, -0.2) is 87.3 Å². The van der Waals surface area contributed by atoms with Crippen LogP contribution in [0.5, 0.6) is 5.75 Å². The average molecular weight is 646 g/mol. The van der Waals surface area contributed by atoms with Crippen molar-refractivity contribution in [3.8, 4) is 17.6 Å². The lowest BCUT2D eigenvalue weighted by Crippen LogP contribution is -2.59. The summed E-state index contributed by atoms with van der Waals surface area (Å²) in [6.07, 6.45) is 0.493. The molecule has 242 valence electrons. The molecule has 2 fully saturated rings. The molecule has 1 amide bonds. The lowest BCUT2D eigenvalue weighted by Gasteiger charge is -2.46. The van der Waals surface area contributed by atoms with Crippen molar-refractivity contribution in [3.63, 3.8) is 0 Å². The van der Waals surface area contributed by atoms with Crippen LogP contribution in [0.4, 0.5) is 24.5 Å². The van der Waals surface area contributed by atoms with Crippen molar-refractivity contribution in [2.45, 2.75) is 55.7 Å². The highest BCUT2D eigenvalue weighted by Gasteiger charge is 2.39. The maximum absolute atomic E-state index is 13.7. The van der Waals surface area contributed by atoms with Crippen LogP contribution in [0.2, 0.25) is 0 Å². The zero-order valence-electron chi connectivity index (χ0n) is 25.5. The van der Waals surface area contributed by atoms with Crippen LogP contribution in [0.1, 0.15) is 41.7 Å². The number of benzene rings is 2. The first-order valence-corrected chi connectivity index (χ1v) is 16.8. The Morgan fingerprint density at radius 3 is 2.44 bits per heavy atom. The Balaban J connectivity index is 1.29. The van der Waals surface area contributed by atoms with Crippen molar-refractivity contribution >= 4 is 38.0 Å². The van der Waals surface area contributed by atoms with Crippen molar-refractivity contribution in [2.24, 2.45) is 0 Å². The zero-order chi connectivity index (χ0) is 32.4. The third kappa shape index (κ3) is 7.68. The maximum Gasteiger partial charge on any atom is 0.406 e. The van der Waals surface area contributed by atoms with Gasteiger partial charge in [-0.15, -0.1) is 0 Å². The minimum absolute atomic E-state index is 0.138. The third-order valence-corrected chi connectivity index (χ3v) is 10.1. The molecular formula is C32H38F3N5O4S. The molecule has 1 aliphatic heterocycles. The summed E-state index contributed by atoms with van der Waals surface area (Å²) in [5, 5.41) is 9.62. The van der Waals surface area contributed by atoms with Gasteiger partial charge in [-0.1, -0.05) is 12.0 Å². The van der Waals surface area contributed by atoms with E-state index in [2.05, 4.69) is 32.7 Å². The summed E-state index contributed by atoms with van der Waals surface area (Å²) in [4.78, 5) is 14.2. The standard InChI is InChI=1S/C32H38F3N5O4S/c1-36-31(41)21-9-14-28(30(16-21)44-2)37-15-5-6-24-17-26-27(7-4-8-29(26)40(24)20-32(33,34)35)38-22-10-12-23(13-11-22)39-18-25(19-39)45(3,42)43/h4,7-9,14,16-17,22-23,25,37-38H,10-13,15,18-20H2,1-3H3,(H,36,41). The van der Waals surface area contributed by atoms with Crippen LogP contribution in [0.15, 0.2) is 42.5 Å². The number of carbonyl (C=O) groups is 1. The van der Waals surface area contributed by atoms with E-state index in [1.165, 1.54) is 25.0 Å². The number of hydrogen-bond acceptors (Lipinski definition) is 7. The molecule has 0 atom stereocenters. The number of sulfone groups is 1. The van der Waals surface area contributed by atoms with Gasteiger partial charge >= 0.3 is 6.18 Å². The number of likely N-dealkylation sites (tertiary alicyclic amines) is 1. The number of nitrogens with zero attached hydrogens (tertiary/aromatic N) is 2. The Morgan fingerprint density at radius 1 is 1.07 bits per heavy atom. The Bertz CT molecular complexity index is 1710. The van der Waals surface area contributed by atoms with E-state index in [-0.39, 0.29) is 29.4 Å². The van der Waals surface area contributed by atoms with E-state index in [0.29, 0.717) is 47.0 Å². The van der Waals surface area contributed by atoms with E-state index in [0.717, 1.165) is 31.4 Å². The highest BCUT2D eigenvalue weighted by atomic mass is 32.2. The molecule has 2 heterocycles. The summed E-state index contributed by atoms with van der Waals surface area (Å²) in [7, 11) is 0.00797. The minimum atomic E-state index is -4.44. The number of alkyl halides is 3. The van der Waals surface area contributed by atoms with Gasteiger partial charge in [-0.3, -0.25) is 9.69 Å². The van der Waals surface area contributed by atoms with Crippen LogP contribution in [0.3, 0.4) is 0 Å². The summed E-state index contributed by atoms with van der Waals surface area (Å²) in [6, 6.07) is 12.4. The summed E-state index contributed by atoms with van der Waals surface area (Å²) in [6.45, 7) is 0.149. The Labute approximate surface area is 261 Å². The van der Waals surface area contributed by atoms with Gasteiger partial charge in [0.25, 0.3) is 5.91 Å². The first-order chi connectivity index (χ1) is 21.4. The summed E-state index contributed by atoms with van der Waals surface area (Å²) >= 11 is 0. The van der Waals surface area contributed by atoms with Crippen LogP contribution in [-0.2, 0) is 16.4 Å². The molecule has 1 aliphatic carbocycles. The van der Waals surface area contributed by atoms with Crippen molar-refractivity contribution < 1.29 is 31.1 Å². The fourth-order valence-electron chi connectivity index (χ4n) is 6.10. The van der Waals surface area contributed by atoms with Gasteiger partial charge in [0.05, 0.1) is 35.8 Å². The Hall–Kier alpha value is -3.89. The first kappa shape index (κ1) is 32.5. The molecule has 1 saturated heterocycles. The number of ether oxygens (including phenoxy) is 1. The number of nitrogens with one attached hydrogen (secondary N) is 3. The third-order valence-electron chi connectivity index (χ3n) is 8.61. The van der Waals surface area contributed by atoms with Gasteiger partial charge < -0.3 is 25.3 Å². The van der Waals surface area contributed by atoms with Gasteiger partial charge in [-0.05, 0) is 68.0 Å². The number of amides is 1. The topological polar surface area (TPSA) is 105 Å². The summed E-state index contributed by atoms with van der Waals surface area (Å²) < 4.78 is 71.1. The van der Waals surface area contributed by atoms with Gasteiger partial charge in [0.15, 0.2) is 9.84 Å². The van der Waals surface area contributed by atoms with Gasteiger partial charge in [-0.25, -0.2) is 8.42 Å². The van der Waals surface area contributed by atoms with Crippen LogP contribution in [0.25, 0.3) is 10.9 Å². The molecule has 1 saturated carbocycles. The second kappa shape index (κ2) is 13.2. The largest absolute Gasteiger partial charge is 0.495 e. The van der Waals surface area contributed by atoms with Gasteiger partial charge in [-0.2, -0.15) is 13.2 Å². The lowest BCUT2D eigenvalue weighted by molar-refractivity contribution is -0.140. The van der Waals surface area contributed by atoms with E-state index in [4.69, 9.17) is 4.74 Å². The van der Waals surface area contributed by atoms with E-state index in [1.54, 1.807) is 36.4 Å². The fourth-order valence-corrected chi connectivity index (χ4v) is 7.03. The van der Waals surface area contributed by atoms with Gasteiger partial charge in [0.1, 0.15) is 12.3 Å². The lowest BCUT2D eigenvalue weighted by atomic mass is 9.88.